The number of hydrogen-bond donors (Lipinski definition) is 2. The molecule has 0 aliphatic rings. The second-order valence-corrected chi connectivity index (χ2v) is 10.7. The molecule has 0 fully saturated rings. The van der Waals surface area contributed by atoms with Crippen LogP contribution < -0.4 is 10.0 Å². The summed E-state index contributed by atoms with van der Waals surface area (Å²) >= 11 is 0. The van der Waals surface area contributed by atoms with Crippen LogP contribution in [0.1, 0.15) is 54.2 Å². The van der Waals surface area contributed by atoms with Gasteiger partial charge in [-0.25, -0.2) is 4.98 Å². The summed E-state index contributed by atoms with van der Waals surface area (Å²) in [6.45, 7) is 14.3. The lowest BCUT2D eigenvalue weighted by Gasteiger charge is -2.43. The molecule has 2 N–H and O–H groups in total. The van der Waals surface area contributed by atoms with E-state index < -0.39 is 21.3 Å². The van der Waals surface area contributed by atoms with Gasteiger partial charge in [-0.2, -0.15) is 12.7 Å². The fraction of sp³-hybridized carbons (Fsp3) is 0.476. The normalized spacial score (nSPS) is 12.7. The molecule has 2 aromatic heterocycles. The molecule has 2 aromatic rings. The molecule has 0 unspecified atom stereocenters. The lowest BCUT2D eigenvalue weighted by Crippen LogP contribution is -2.57. The van der Waals surface area contributed by atoms with Crippen LogP contribution in [0.4, 0.5) is 11.5 Å². The number of hydrogen-bond acceptors (Lipinski definition) is 5. The van der Waals surface area contributed by atoms with E-state index in [1.807, 2.05) is 41.5 Å². The number of aromatic nitrogens is 2. The van der Waals surface area contributed by atoms with Crippen LogP contribution in [0.25, 0.3) is 11.1 Å². The van der Waals surface area contributed by atoms with Crippen LogP contribution in [-0.4, -0.2) is 39.7 Å². The highest BCUT2D eigenvalue weighted by Gasteiger charge is 2.41. The smallest absolute Gasteiger partial charge is 0.302 e. The van der Waals surface area contributed by atoms with E-state index in [2.05, 4.69) is 20.0 Å². The summed E-state index contributed by atoms with van der Waals surface area (Å²) in [4.78, 5) is 19.8. The zero-order valence-corrected chi connectivity index (χ0v) is 19.7. The topological polar surface area (TPSA) is 104 Å². The largest absolute Gasteiger partial charge is 0.311 e. The van der Waals surface area contributed by atoms with Crippen LogP contribution in [0.15, 0.2) is 30.6 Å². The molecular formula is C21H31N5O3S. The van der Waals surface area contributed by atoms with Crippen molar-refractivity contribution in [2.75, 3.05) is 10.0 Å². The Morgan fingerprint density at radius 3 is 2.13 bits per heavy atom. The van der Waals surface area contributed by atoms with E-state index in [9.17, 15) is 13.2 Å². The Balaban J connectivity index is 2.46. The molecule has 2 rings (SSSR count). The van der Waals surface area contributed by atoms with E-state index in [-0.39, 0.29) is 5.91 Å². The molecule has 0 atom stereocenters. The number of carbonyl (C=O) groups excluding carboxylic acids is 1. The molecule has 0 spiro atoms. The van der Waals surface area contributed by atoms with Crippen LogP contribution in [0, 0.1) is 6.92 Å². The van der Waals surface area contributed by atoms with E-state index in [0.29, 0.717) is 22.8 Å². The molecule has 9 heteroatoms. The van der Waals surface area contributed by atoms with Gasteiger partial charge in [0.25, 0.3) is 0 Å². The first kappa shape index (κ1) is 23.8. The Hall–Kier alpha value is -2.52. The van der Waals surface area contributed by atoms with Crippen molar-refractivity contribution in [2.24, 2.45) is 0 Å². The maximum atomic E-state index is 13.3. The Labute approximate surface area is 179 Å². The Morgan fingerprint density at radius 1 is 1.00 bits per heavy atom. The predicted molar refractivity (Wildman–Crippen MR) is 120 cm³/mol. The van der Waals surface area contributed by atoms with Gasteiger partial charge in [0.2, 0.25) is 5.91 Å². The third-order valence-corrected chi connectivity index (χ3v) is 6.24. The maximum absolute atomic E-state index is 13.3. The van der Waals surface area contributed by atoms with E-state index >= 15 is 0 Å². The van der Waals surface area contributed by atoms with E-state index in [1.165, 1.54) is 11.2 Å². The molecule has 0 aliphatic heterocycles. The summed E-state index contributed by atoms with van der Waals surface area (Å²) in [6.07, 6.45) is 3.23. The minimum atomic E-state index is -3.86. The number of rotatable bonds is 5. The quantitative estimate of drug-likeness (QED) is 0.742. The third-order valence-electron chi connectivity index (χ3n) is 4.18. The van der Waals surface area contributed by atoms with Gasteiger partial charge in [-0.3, -0.25) is 14.5 Å². The molecule has 2 heterocycles. The molecule has 8 nitrogen and oxygen atoms in total. The molecule has 0 bridgehead atoms. The van der Waals surface area contributed by atoms with Gasteiger partial charge in [0.1, 0.15) is 5.82 Å². The van der Waals surface area contributed by atoms with Crippen LogP contribution in [-0.2, 0) is 15.0 Å². The summed E-state index contributed by atoms with van der Waals surface area (Å²) in [5, 5.41) is 2.64. The van der Waals surface area contributed by atoms with Crippen LogP contribution in [0.3, 0.4) is 0 Å². The van der Waals surface area contributed by atoms with Crippen molar-refractivity contribution in [3.8, 4) is 11.1 Å². The van der Waals surface area contributed by atoms with Gasteiger partial charge in [-0.1, -0.05) is 0 Å². The Bertz CT molecular complexity index is 1020. The molecule has 164 valence electrons. The summed E-state index contributed by atoms with van der Waals surface area (Å²) in [5.41, 5.74) is 1.16. The Morgan fingerprint density at radius 2 is 1.60 bits per heavy atom. The van der Waals surface area contributed by atoms with E-state index in [0.717, 1.165) is 5.56 Å². The summed E-state index contributed by atoms with van der Waals surface area (Å²) in [6, 6.07) is 5.21. The zero-order valence-electron chi connectivity index (χ0n) is 18.9. The number of carbonyl (C=O) groups is 1. The van der Waals surface area contributed by atoms with Gasteiger partial charge in [0, 0.05) is 36.0 Å². The average molecular weight is 434 g/mol. The number of aryl methyl sites for hydroxylation is 1. The first-order valence-electron chi connectivity index (χ1n) is 9.65. The van der Waals surface area contributed by atoms with Crippen molar-refractivity contribution in [2.45, 2.75) is 66.5 Å². The zero-order chi connectivity index (χ0) is 22.9. The molecule has 0 saturated carbocycles. The van der Waals surface area contributed by atoms with Gasteiger partial charge in [-0.05, 0) is 72.2 Å². The van der Waals surface area contributed by atoms with Gasteiger partial charge in [0.05, 0.1) is 11.4 Å². The van der Waals surface area contributed by atoms with Crippen molar-refractivity contribution < 1.29 is 13.2 Å². The minimum Gasteiger partial charge on any atom is -0.311 e. The number of anilines is 2. The second-order valence-electron chi connectivity index (χ2n) is 9.18. The molecule has 0 radical (unpaired) electrons. The van der Waals surface area contributed by atoms with Crippen LogP contribution in [0.2, 0.25) is 0 Å². The highest BCUT2D eigenvalue weighted by atomic mass is 32.2. The number of amides is 1. The fourth-order valence-electron chi connectivity index (χ4n) is 3.57. The number of nitrogens with zero attached hydrogens (tertiary/aromatic N) is 3. The second kappa shape index (κ2) is 8.31. The molecular weight excluding hydrogens is 402 g/mol. The highest BCUT2D eigenvalue weighted by molar-refractivity contribution is 7.90. The van der Waals surface area contributed by atoms with Gasteiger partial charge in [-0.15, -0.1) is 0 Å². The van der Waals surface area contributed by atoms with Gasteiger partial charge >= 0.3 is 10.2 Å². The molecule has 30 heavy (non-hydrogen) atoms. The summed E-state index contributed by atoms with van der Waals surface area (Å²) < 4.78 is 30.8. The molecule has 0 aliphatic carbocycles. The third kappa shape index (κ3) is 5.76. The standard InChI is InChI=1S/C21H31N5O3S/c1-14-18(25-30(28,29)26(20(3,4)5)21(6,7)8)11-17(13-23-14)16-9-10-22-19(12-16)24-15(2)27/h9-13,25H,1-8H3,(H,22,24,27). The summed E-state index contributed by atoms with van der Waals surface area (Å²) in [5.74, 6) is 0.189. The first-order valence-corrected chi connectivity index (χ1v) is 11.1. The predicted octanol–water partition coefficient (Wildman–Crippen LogP) is 3.97. The van der Waals surface area contributed by atoms with Crippen LogP contribution in [0.5, 0.6) is 0 Å². The van der Waals surface area contributed by atoms with Gasteiger partial charge in [0.15, 0.2) is 0 Å². The number of pyridine rings is 2. The first-order chi connectivity index (χ1) is 13.6. The van der Waals surface area contributed by atoms with Crippen LogP contribution >= 0.6 is 0 Å². The van der Waals surface area contributed by atoms with Crippen molar-refractivity contribution >= 4 is 27.6 Å². The summed E-state index contributed by atoms with van der Waals surface area (Å²) in [7, 11) is -3.86. The van der Waals surface area contributed by atoms with Crippen molar-refractivity contribution in [3.63, 3.8) is 0 Å². The molecule has 1 amide bonds. The maximum Gasteiger partial charge on any atom is 0.302 e. The molecule has 0 aromatic carbocycles. The average Bonchev–Trinajstić information content (AvgIpc) is 2.53. The SMILES string of the molecule is CC(=O)Nc1cc(-c2cnc(C)c(NS(=O)(=O)N(C(C)(C)C)C(C)(C)C)c2)ccn1. The van der Waals surface area contributed by atoms with E-state index in [4.69, 9.17) is 0 Å². The number of nitrogens with one attached hydrogen (secondary N) is 2. The van der Waals surface area contributed by atoms with Crippen molar-refractivity contribution in [3.05, 3.63) is 36.3 Å². The van der Waals surface area contributed by atoms with Gasteiger partial charge < -0.3 is 5.32 Å². The van der Waals surface area contributed by atoms with Crippen molar-refractivity contribution in [1.29, 1.82) is 0 Å². The lowest BCUT2D eigenvalue weighted by atomic mass is 10.0. The van der Waals surface area contributed by atoms with Crippen molar-refractivity contribution in [1.82, 2.24) is 14.3 Å². The molecule has 0 saturated heterocycles. The fourth-order valence-corrected chi connectivity index (χ4v) is 5.58. The highest BCUT2D eigenvalue weighted by Crippen LogP contribution is 2.31. The Kier molecular flexibility index (Phi) is 6.58. The lowest BCUT2D eigenvalue weighted by molar-refractivity contribution is -0.114. The minimum absolute atomic E-state index is 0.223. The van der Waals surface area contributed by atoms with E-state index in [1.54, 1.807) is 37.5 Å². The monoisotopic (exact) mass is 433 g/mol.